The summed E-state index contributed by atoms with van der Waals surface area (Å²) >= 11 is 0. The first-order valence-corrected chi connectivity index (χ1v) is 9.71. The SMILES string of the molecule is O=C1NC(=O)C(=CN2CCN(S(=O)(=O)/C=C/c3ccccc3)CC2)C(=O)N1. The Morgan fingerprint density at radius 1 is 0.889 bits per heavy atom. The van der Waals surface area contributed by atoms with Gasteiger partial charge in [0.15, 0.2) is 0 Å². The molecule has 3 rings (SSSR count). The zero-order valence-electron chi connectivity index (χ0n) is 14.3. The molecule has 9 nitrogen and oxygen atoms in total. The van der Waals surface area contributed by atoms with Crippen LogP contribution in [0.15, 0.2) is 47.5 Å². The quantitative estimate of drug-likeness (QED) is 0.546. The second-order valence-corrected chi connectivity index (χ2v) is 7.79. The number of amides is 4. The van der Waals surface area contributed by atoms with Crippen LogP contribution in [0.4, 0.5) is 4.79 Å². The van der Waals surface area contributed by atoms with Gasteiger partial charge in [-0.3, -0.25) is 20.2 Å². The first-order valence-electron chi connectivity index (χ1n) is 8.21. The van der Waals surface area contributed by atoms with Crippen LogP contribution in [0, 0.1) is 0 Å². The van der Waals surface area contributed by atoms with Crippen molar-refractivity contribution in [3.05, 3.63) is 53.1 Å². The van der Waals surface area contributed by atoms with E-state index in [4.69, 9.17) is 0 Å². The Morgan fingerprint density at radius 2 is 1.48 bits per heavy atom. The zero-order valence-corrected chi connectivity index (χ0v) is 15.1. The Balaban J connectivity index is 1.62. The highest BCUT2D eigenvalue weighted by atomic mass is 32.2. The highest BCUT2D eigenvalue weighted by Crippen LogP contribution is 2.13. The largest absolute Gasteiger partial charge is 0.374 e. The van der Waals surface area contributed by atoms with Gasteiger partial charge < -0.3 is 4.90 Å². The summed E-state index contributed by atoms with van der Waals surface area (Å²) in [5.41, 5.74) is 0.600. The van der Waals surface area contributed by atoms with Crippen LogP contribution in [0.5, 0.6) is 0 Å². The van der Waals surface area contributed by atoms with Crippen molar-refractivity contribution in [2.45, 2.75) is 0 Å². The lowest BCUT2D eigenvalue weighted by Crippen LogP contribution is -2.52. The van der Waals surface area contributed by atoms with Gasteiger partial charge in [-0.05, 0) is 11.6 Å². The van der Waals surface area contributed by atoms with Crippen molar-refractivity contribution in [2.24, 2.45) is 0 Å². The Labute approximate surface area is 156 Å². The van der Waals surface area contributed by atoms with E-state index in [1.807, 2.05) is 28.8 Å². The first kappa shape index (κ1) is 18.8. The standard InChI is InChI=1S/C17H18N4O5S/c22-15-14(16(23)19-17(24)18-15)12-20-7-9-21(10-8-20)27(25,26)11-6-13-4-2-1-3-5-13/h1-6,11-12H,7-10H2,(H2,18,19,22,23,24)/b11-6+. The van der Waals surface area contributed by atoms with Crippen molar-refractivity contribution in [1.82, 2.24) is 19.8 Å². The third-order valence-corrected chi connectivity index (χ3v) is 5.69. The molecule has 2 saturated heterocycles. The fourth-order valence-corrected chi connectivity index (χ4v) is 3.85. The summed E-state index contributed by atoms with van der Waals surface area (Å²) < 4.78 is 26.2. The van der Waals surface area contributed by atoms with Crippen LogP contribution in [0.2, 0.25) is 0 Å². The van der Waals surface area contributed by atoms with E-state index >= 15 is 0 Å². The van der Waals surface area contributed by atoms with Crippen LogP contribution < -0.4 is 10.6 Å². The number of sulfonamides is 1. The summed E-state index contributed by atoms with van der Waals surface area (Å²) in [5.74, 6) is -1.55. The molecule has 142 valence electrons. The van der Waals surface area contributed by atoms with Crippen molar-refractivity contribution in [1.29, 1.82) is 0 Å². The highest BCUT2D eigenvalue weighted by molar-refractivity contribution is 7.92. The maximum Gasteiger partial charge on any atom is 0.328 e. The number of rotatable bonds is 4. The number of hydrogen-bond acceptors (Lipinski definition) is 6. The van der Waals surface area contributed by atoms with E-state index in [9.17, 15) is 22.8 Å². The topological polar surface area (TPSA) is 116 Å². The van der Waals surface area contributed by atoms with E-state index in [1.54, 1.807) is 17.0 Å². The molecule has 27 heavy (non-hydrogen) atoms. The van der Waals surface area contributed by atoms with Crippen LogP contribution in [0.25, 0.3) is 6.08 Å². The lowest BCUT2D eigenvalue weighted by Gasteiger charge is -2.33. The molecule has 0 aliphatic carbocycles. The minimum atomic E-state index is -3.56. The first-order chi connectivity index (χ1) is 12.8. The van der Waals surface area contributed by atoms with Gasteiger partial charge in [-0.15, -0.1) is 0 Å². The molecule has 1 aromatic carbocycles. The Kier molecular flexibility index (Phi) is 5.38. The van der Waals surface area contributed by atoms with E-state index in [-0.39, 0.29) is 18.7 Å². The summed E-state index contributed by atoms with van der Waals surface area (Å²) in [4.78, 5) is 36.2. The van der Waals surface area contributed by atoms with Gasteiger partial charge in [-0.2, -0.15) is 4.31 Å². The smallest absolute Gasteiger partial charge is 0.328 e. The Bertz CT molecular complexity index is 894. The average molecular weight is 390 g/mol. The third-order valence-electron chi connectivity index (χ3n) is 4.12. The van der Waals surface area contributed by atoms with Gasteiger partial charge in [0.25, 0.3) is 11.8 Å². The van der Waals surface area contributed by atoms with Crippen LogP contribution in [-0.4, -0.2) is 61.6 Å². The summed E-state index contributed by atoms with van der Waals surface area (Å²) in [5, 5.41) is 5.16. The number of carbonyl (C=O) groups excluding carboxylic acids is 3. The van der Waals surface area contributed by atoms with Crippen molar-refractivity contribution in [3.8, 4) is 0 Å². The molecule has 2 heterocycles. The van der Waals surface area contributed by atoms with Crippen LogP contribution >= 0.6 is 0 Å². The number of hydrogen-bond donors (Lipinski definition) is 2. The predicted molar refractivity (Wildman–Crippen MR) is 97.3 cm³/mol. The average Bonchev–Trinajstić information content (AvgIpc) is 2.64. The minimum Gasteiger partial charge on any atom is -0.374 e. The molecule has 2 aliphatic rings. The van der Waals surface area contributed by atoms with E-state index < -0.39 is 27.9 Å². The van der Waals surface area contributed by atoms with Gasteiger partial charge in [0.1, 0.15) is 5.57 Å². The molecular weight excluding hydrogens is 372 g/mol. The predicted octanol–water partition coefficient (Wildman–Crippen LogP) is -0.145. The number of urea groups is 1. The van der Waals surface area contributed by atoms with Crippen molar-refractivity contribution in [2.75, 3.05) is 26.2 Å². The van der Waals surface area contributed by atoms with Gasteiger partial charge in [0.2, 0.25) is 10.0 Å². The number of piperazine rings is 1. The number of nitrogens with one attached hydrogen (secondary N) is 2. The Hall–Kier alpha value is -2.98. The zero-order chi connectivity index (χ0) is 19.4. The number of nitrogens with zero attached hydrogens (tertiary/aromatic N) is 2. The second-order valence-electron chi connectivity index (χ2n) is 5.97. The van der Waals surface area contributed by atoms with Gasteiger partial charge in [0, 0.05) is 37.8 Å². The molecule has 0 atom stereocenters. The number of barbiturate groups is 1. The van der Waals surface area contributed by atoms with E-state index in [2.05, 4.69) is 0 Å². The molecule has 0 radical (unpaired) electrons. The number of imide groups is 2. The molecule has 2 aliphatic heterocycles. The molecule has 2 N–H and O–H groups in total. The van der Waals surface area contributed by atoms with E-state index in [1.165, 1.54) is 22.0 Å². The maximum absolute atomic E-state index is 12.4. The highest BCUT2D eigenvalue weighted by Gasteiger charge is 2.30. The monoisotopic (exact) mass is 390 g/mol. The lowest BCUT2D eigenvalue weighted by atomic mass is 10.2. The fourth-order valence-electron chi connectivity index (χ4n) is 2.68. The van der Waals surface area contributed by atoms with Gasteiger partial charge in [-0.25, -0.2) is 13.2 Å². The van der Waals surface area contributed by atoms with Crippen LogP contribution in [-0.2, 0) is 19.6 Å². The second kappa shape index (κ2) is 7.72. The number of benzene rings is 1. The molecule has 0 bridgehead atoms. The molecule has 2 fully saturated rings. The lowest BCUT2D eigenvalue weighted by molar-refractivity contribution is -0.124. The van der Waals surface area contributed by atoms with E-state index in [0.29, 0.717) is 13.1 Å². The van der Waals surface area contributed by atoms with Crippen molar-refractivity contribution < 1.29 is 22.8 Å². The third kappa shape index (κ3) is 4.60. The summed E-state index contributed by atoms with van der Waals surface area (Å²) in [6.07, 6.45) is 2.89. The fraction of sp³-hybridized carbons (Fsp3) is 0.235. The molecule has 4 amide bonds. The molecule has 0 spiro atoms. The summed E-state index contributed by atoms with van der Waals surface area (Å²) in [6, 6.07) is 8.25. The van der Waals surface area contributed by atoms with Crippen LogP contribution in [0.3, 0.4) is 0 Å². The van der Waals surface area contributed by atoms with Gasteiger partial charge in [-0.1, -0.05) is 30.3 Å². The van der Waals surface area contributed by atoms with Gasteiger partial charge >= 0.3 is 6.03 Å². The molecular formula is C17H18N4O5S. The van der Waals surface area contributed by atoms with Crippen LogP contribution in [0.1, 0.15) is 5.56 Å². The normalized spacial score (nSPS) is 19.2. The minimum absolute atomic E-state index is 0.185. The summed E-state index contributed by atoms with van der Waals surface area (Å²) in [7, 11) is -3.56. The molecule has 0 unspecified atom stereocenters. The molecule has 10 heteroatoms. The molecule has 0 saturated carbocycles. The summed E-state index contributed by atoms with van der Waals surface area (Å²) in [6.45, 7) is 1.06. The van der Waals surface area contributed by atoms with Crippen molar-refractivity contribution >= 4 is 33.9 Å². The molecule has 1 aromatic rings. The van der Waals surface area contributed by atoms with Gasteiger partial charge in [0.05, 0.1) is 0 Å². The van der Waals surface area contributed by atoms with Crippen molar-refractivity contribution in [3.63, 3.8) is 0 Å². The maximum atomic E-state index is 12.4. The molecule has 0 aromatic heterocycles. The Morgan fingerprint density at radius 3 is 2.07 bits per heavy atom. The van der Waals surface area contributed by atoms with E-state index in [0.717, 1.165) is 5.56 Å². The number of carbonyl (C=O) groups is 3.